The molecule has 9 nitrogen and oxygen atoms in total. The maximum absolute atomic E-state index is 13.1. The quantitative estimate of drug-likeness (QED) is 0.192. The van der Waals surface area contributed by atoms with Crippen LogP contribution in [0.2, 0.25) is 0 Å². The lowest BCUT2D eigenvalue weighted by atomic mass is 9.66. The monoisotopic (exact) mass is 626 g/mol. The summed E-state index contributed by atoms with van der Waals surface area (Å²) in [6, 6.07) is 30.0. The molecule has 9 heteroatoms. The molecule has 6 rings (SSSR count). The van der Waals surface area contributed by atoms with Crippen LogP contribution in [0, 0.1) is 20.9 Å². The Morgan fingerprint density at radius 1 is 0.935 bits per heavy atom. The molecule has 2 atom stereocenters. The van der Waals surface area contributed by atoms with E-state index >= 15 is 0 Å². The van der Waals surface area contributed by atoms with Gasteiger partial charge in [-0.25, -0.2) is 0 Å². The predicted molar refractivity (Wildman–Crippen MR) is 178 cm³/mol. The predicted octanol–water partition coefficient (Wildman–Crippen LogP) is 5.16. The van der Waals surface area contributed by atoms with Crippen LogP contribution in [0.15, 0.2) is 91.0 Å². The number of rotatable bonds is 9. The van der Waals surface area contributed by atoms with Gasteiger partial charge in [0.1, 0.15) is 0 Å². The van der Waals surface area contributed by atoms with Crippen LogP contribution in [0.1, 0.15) is 61.1 Å². The van der Waals surface area contributed by atoms with Crippen molar-refractivity contribution >= 4 is 11.9 Å². The number of carbonyl (C=O) groups is 2. The SMILES string of the molecule is CCOC(=O)C1(C(C[N+](=O)[O-])c2ccccc2)CCN(Cc2ccccc2)CC1.O=C1NCC(c2ccccc2)C12CCNCC2. The van der Waals surface area contributed by atoms with Crippen LogP contribution in [0.5, 0.6) is 0 Å². The Bertz CT molecular complexity index is 1420. The minimum absolute atomic E-state index is 0.160. The van der Waals surface area contributed by atoms with E-state index in [9.17, 15) is 19.7 Å². The molecule has 2 N–H and O–H groups in total. The van der Waals surface area contributed by atoms with Gasteiger partial charge in [-0.1, -0.05) is 91.0 Å². The lowest BCUT2D eigenvalue weighted by Gasteiger charge is -2.43. The third-order valence-electron chi connectivity index (χ3n) is 10.2. The Morgan fingerprint density at radius 2 is 1.52 bits per heavy atom. The molecular formula is C37H46N4O5. The lowest BCUT2D eigenvalue weighted by molar-refractivity contribution is -0.486. The van der Waals surface area contributed by atoms with Crippen LogP contribution in [0.4, 0.5) is 0 Å². The minimum Gasteiger partial charge on any atom is -0.466 e. The molecule has 0 radical (unpaired) electrons. The first kappa shape index (κ1) is 33.3. The molecule has 3 aliphatic rings. The number of hydrogen-bond acceptors (Lipinski definition) is 7. The highest BCUT2D eigenvalue weighted by atomic mass is 16.6. The summed E-state index contributed by atoms with van der Waals surface area (Å²) in [6.07, 6.45) is 3.01. The molecule has 3 aromatic rings. The summed E-state index contributed by atoms with van der Waals surface area (Å²) in [5, 5.41) is 17.9. The summed E-state index contributed by atoms with van der Waals surface area (Å²) < 4.78 is 5.44. The van der Waals surface area contributed by atoms with Gasteiger partial charge in [0.25, 0.3) is 0 Å². The average molecular weight is 627 g/mol. The number of amides is 1. The molecule has 0 aromatic heterocycles. The number of nitro groups is 1. The molecule has 3 aliphatic heterocycles. The number of hydrogen-bond donors (Lipinski definition) is 2. The zero-order valence-corrected chi connectivity index (χ0v) is 26.7. The standard InChI is InChI=1S/C23H28N2O4.C14H18N2O/c1-2-29-22(26)23(21(18-25(27)28)20-11-7-4-8-12-20)13-15-24(16-14-23)17-19-9-5-3-6-10-19;17-13-14(6-8-15-9-7-14)12(10-16-13)11-4-2-1-3-5-11/h3-12,21H,2,13-18H2,1H3;1-5,12,15H,6-10H2,(H,16,17). The fraction of sp³-hybridized carbons (Fsp3) is 0.459. The number of piperidine rings is 2. The highest BCUT2D eigenvalue weighted by molar-refractivity contribution is 5.86. The van der Waals surface area contributed by atoms with E-state index in [-0.39, 0.29) is 35.4 Å². The van der Waals surface area contributed by atoms with Crippen molar-refractivity contribution in [2.75, 3.05) is 45.9 Å². The number of nitrogens with one attached hydrogen (secondary N) is 2. The van der Waals surface area contributed by atoms with Crippen molar-refractivity contribution in [3.8, 4) is 0 Å². The minimum atomic E-state index is -0.877. The fourth-order valence-electron chi connectivity index (χ4n) is 7.65. The first-order chi connectivity index (χ1) is 22.4. The van der Waals surface area contributed by atoms with Gasteiger partial charge >= 0.3 is 5.97 Å². The van der Waals surface area contributed by atoms with Crippen LogP contribution in [-0.4, -0.2) is 67.6 Å². The molecule has 244 valence electrons. The normalized spacial score (nSPS) is 21.0. The molecule has 1 amide bonds. The maximum Gasteiger partial charge on any atom is 0.313 e. The summed E-state index contributed by atoms with van der Waals surface area (Å²) in [7, 11) is 0. The van der Waals surface area contributed by atoms with E-state index in [2.05, 4.69) is 51.9 Å². The highest BCUT2D eigenvalue weighted by Gasteiger charge is 2.52. The van der Waals surface area contributed by atoms with Crippen molar-refractivity contribution in [2.45, 2.75) is 51.0 Å². The van der Waals surface area contributed by atoms with Gasteiger partial charge in [0.05, 0.1) is 23.4 Å². The molecule has 3 fully saturated rings. The van der Waals surface area contributed by atoms with E-state index < -0.39 is 11.3 Å². The van der Waals surface area contributed by atoms with Crippen LogP contribution in [0.3, 0.4) is 0 Å². The van der Waals surface area contributed by atoms with Gasteiger partial charge in [0.2, 0.25) is 12.5 Å². The van der Waals surface area contributed by atoms with Gasteiger partial charge in [0.15, 0.2) is 0 Å². The van der Waals surface area contributed by atoms with Gasteiger partial charge in [-0.05, 0) is 75.5 Å². The number of benzene rings is 3. The number of esters is 1. The maximum atomic E-state index is 13.1. The van der Waals surface area contributed by atoms with Gasteiger partial charge in [-0.3, -0.25) is 24.6 Å². The fourth-order valence-corrected chi connectivity index (χ4v) is 7.65. The second-order valence-electron chi connectivity index (χ2n) is 12.7. The van der Waals surface area contributed by atoms with E-state index in [1.165, 1.54) is 11.1 Å². The van der Waals surface area contributed by atoms with Crippen molar-refractivity contribution in [2.24, 2.45) is 10.8 Å². The Balaban J connectivity index is 0.000000207. The third kappa shape index (κ3) is 7.48. The van der Waals surface area contributed by atoms with Gasteiger partial charge < -0.3 is 15.4 Å². The lowest BCUT2D eigenvalue weighted by Crippen LogP contribution is -2.49. The van der Waals surface area contributed by atoms with Crippen molar-refractivity contribution < 1.29 is 19.2 Å². The van der Waals surface area contributed by atoms with Crippen molar-refractivity contribution in [3.05, 3.63) is 118 Å². The summed E-state index contributed by atoms with van der Waals surface area (Å²) in [4.78, 5) is 38.8. The first-order valence-corrected chi connectivity index (χ1v) is 16.5. The van der Waals surface area contributed by atoms with Crippen molar-refractivity contribution in [3.63, 3.8) is 0 Å². The number of likely N-dealkylation sites (tertiary alicyclic amines) is 1. The van der Waals surface area contributed by atoms with Gasteiger partial charge in [0, 0.05) is 23.9 Å². The number of nitrogens with zero attached hydrogens (tertiary/aromatic N) is 2. The largest absolute Gasteiger partial charge is 0.466 e. The van der Waals surface area contributed by atoms with Crippen molar-refractivity contribution in [1.29, 1.82) is 0 Å². The Labute approximate surface area is 271 Å². The van der Waals surface area contributed by atoms with E-state index in [1.54, 1.807) is 6.92 Å². The molecular weight excluding hydrogens is 580 g/mol. The van der Waals surface area contributed by atoms with Crippen LogP contribution < -0.4 is 10.6 Å². The molecule has 3 saturated heterocycles. The summed E-state index contributed by atoms with van der Waals surface area (Å²) in [6.45, 7) is 6.70. The van der Waals surface area contributed by atoms with Gasteiger partial charge in [-0.2, -0.15) is 0 Å². The molecule has 0 bridgehead atoms. The Morgan fingerprint density at radius 3 is 2.11 bits per heavy atom. The zero-order valence-electron chi connectivity index (χ0n) is 26.7. The van der Waals surface area contributed by atoms with E-state index in [4.69, 9.17) is 4.74 Å². The number of ether oxygens (including phenoxy) is 1. The molecule has 0 aliphatic carbocycles. The Kier molecular flexibility index (Phi) is 11.2. The van der Waals surface area contributed by atoms with E-state index in [0.717, 1.165) is 44.6 Å². The first-order valence-electron chi connectivity index (χ1n) is 16.5. The highest BCUT2D eigenvalue weighted by Crippen LogP contribution is 2.47. The molecule has 2 unspecified atom stereocenters. The molecule has 1 spiro atoms. The smallest absolute Gasteiger partial charge is 0.313 e. The van der Waals surface area contributed by atoms with Crippen LogP contribution in [0.25, 0.3) is 0 Å². The van der Waals surface area contributed by atoms with E-state index in [1.807, 2.05) is 54.6 Å². The zero-order chi connectivity index (χ0) is 32.4. The Hall–Kier alpha value is -4.08. The topological polar surface area (TPSA) is 114 Å². The van der Waals surface area contributed by atoms with Gasteiger partial charge in [-0.15, -0.1) is 0 Å². The molecule has 3 aromatic carbocycles. The molecule has 46 heavy (non-hydrogen) atoms. The number of carbonyl (C=O) groups excluding carboxylic acids is 2. The van der Waals surface area contributed by atoms with Crippen LogP contribution in [-0.2, 0) is 20.9 Å². The molecule has 0 saturated carbocycles. The average Bonchev–Trinajstić information content (AvgIpc) is 3.40. The second-order valence-corrected chi connectivity index (χ2v) is 12.7. The summed E-state index contributed by atoms with van der Waals surface area (Å²) in [5.74, 6) is -0.210. The summed E-state index contributed by atoms with van der Waals surface area (Å²) in [5.41, 5.74) is 2.31. The molecule has 3 heterocycles. The van der Waals surface area contributed by atoms with Crippen LogP contribution >= 0.6 is 0 Å². The van der Waals surface area contributed by atoms with E-state index in [0.29, 0.717) is 31.8 Å². The second kappa shape index (κ2) is 15.5. The van der Waals surface area contributed by atoms with Crippen molar-refractivity contribution in [1.82, 2.24) is 15.5 Å². The summed E-state index contributed by atoms with van der Waals surface area (Å²) >= 11 is 0. The third-order valence-corrected chi connectivity index (χ3v) is 10.2.